The summed E-state index contributed by atoms with van der Waals surface area (Å²) in [4.78, 5) is 31.0. The van der Waals surface area contributed by atoms with E-state index in [0.717, 1.165) is 38.1 Å². The average molecular weight is 408 g/mol. The van der Waals surface area contributed by atoms with E-state index >= 15 is 0 Å². The minimum atomic E-state index is -0.297. The standard InChI is InChI=1S/C25H20N4O2/c30-23(21-15-26-22-8-4-3-7-20(21)22)11-12-24(31)29-28-14-17-13-27-25-18-6-2-1-5-16(18)9-10-19(17)25/h1-10,13-15,26-27H,11-12H2,(H,29,31)/b28-14+. The van der Waals surface area contributed by atoms with Crippen LogP contribution in [0.25, 0.3) is 32.6 Å². The van der Waals surface area contributed by atoms with Gasteiger partial charge in [-0.3, -0.25) is 9.59 Å². The number of aromatic nitrogens is 2. The van der Waals surface area contributed by atoms with Gasteiger partial charge in [-0.05, 0) is 11.5 Å². The minimum Gasteiger partial charge on any atom is -0.360 e. The van der Waals surface area contributed by atoms with Crippen molar-refractivity contribution in [2.24, 2.45) is 5.10 Å². The summed E-state index contributed by atoms with van der Waals surface area (Å²) in [5.74, 6) is -0.366. The van der Waals surface area contributed by atoms with Gasteiger partial charge in [-0.15, -0.1) is 0 Å². The lowest BCUT2D eigenvalue weighted by Gasteiger charge is -2.01. The summed E-state index contributed by atoms with van der Waals surface area (Å²) in [5.41, 5.74) is 5.96. The highest BCUT2D eigenvalue weighted by Gasteiger charge is 2.13. The van der Waals surface area contributed by atoms with Crippen molar-refractivity contribution in [3.8, 4) is 0 Å². The van der Waals surface area contributed by atoms with Crippen molar-refractivity contribution in [2.75, 3.05) is 0 Å². The second kappa shape index (κ2) is 7.91. The van der Waals surface area contributed by atoms with Gasteiger partial charge in [0.15, 0.2) is 5.78 Å². The van der Waals surface area contributed by atoms with Crippen molar-refractivity contribution in [3.63, 3.8) is 0 Å². The number of rotatable bonds is 6. The van der Waals surface area contributed by atoms with Crippen LogP contribution in [-0.2, 0) is 4.79 Å². The van der Waals surface area contributed by atoms with Gasteiger partial charge in [-0.25, -0.2) is 5.43 Å². The highest BCUT2D eigenvalue weighted by molar-refractivity contribution is 6.11. The summed E-state index contributed by atoms with van der Waals surface area (Å²) in [6.07, 6.45) is 5.39. The van der Waals surface area contributed by atoms with Crippen LogP contribution in [0.15, 0.2) is 78.2 Å². The third-order valence-electron chi connectivity index (χ3n) is 5.47. The zero-order valence-electron chi connectivity index (χ0n) is 16.7. The first-order valence-electron chi connectivity index (χ1n) is 10.1. The van der Waals surface area contributed by atoms with Gasteiger partial charge in [0, 0.05) is 58.0 Å². The third-order valence-corrected chi connectivity index (χ3v) is 5.47. The monoisotopic (exact) mass is 408 g/mol. The Labute approximate surface area is 178 Å². The van der Waals surface area contributed by atoms with Crippen LogP contribution in [0.3, 0.4) is 0 Å². The summed E-state index contributed by atoms with van der Waals surface area (Å²) < 4.78 is 0. The lowest BCUT2D eigenvalue weighted by atomic mass is 10.1. The number of benzene rings is 3. The van der Waals surface area contributed by atoms with E-state index in [1.807, 2.05) is 48.7 Å². The first kappa shape index (κ1) is 18.8. The molecule has 2 heterocycles. The van der Waals surface area contributed by atoms with Gasteiger partial charge >= 0.3 is 0 Å². The number of hydrogen-bond acceptors (Lipinski definition) is 3. The van der Waals surface area contributed by atoms with Crippen molar-refractivity contribution in [3.05, 3.63) is 84.2 Å². The van der Waals surface area contributed by atoms with Crippen LogP contribution in [0.4, 0.5) is 0 Å². The zero-order valence-corrected chi connectivity index (χ0v) is 16.7. The number of para-hydroxylation sites is 1. The number of hydrazone groups is 1. The second-order valence-electron chi connectivity index (χ2n) is 7.42. The van der Waals surface area contributed by atoms with Crippen LogP contribution in [-0.4, -0.2) is 27.9 Å². The average Bonchev–Trinajstić information content (AvgIpc) is 3.42. The Bertz CT molecular complexity index is 1460. The second-order valence-corrected chi connectivity index (χ2v) is 7.42. The van der Waals surface area contributed by atoms with Crippen LogP contribution in [0.2, 0.25) is 0 Å². The quantitative estimate of drug-likeness (QED) is 0.212. The van der Waals surface area contributed by atoms with Gasteiger partial charge < -0.3 is 9.97 Å². The van der Waals surface area contributed by atoms with Crippen molar-refractivity contribution in [2.45, 2.75) is 12.8 Å². The molecule has 0 atom stereocenters. The Morgan fingerprint density at radius 1 is 0.839 bits per heavy atom. The maximum absolute atomic E-state index is 12.5. The number of ketones is 1. The number of aromatic amines is 2. The topological polar surface area (TPSA) is 90.1 Å². The molecule has 0 saturated carbocycles. The molecule has 3 aromatic carbocycles. The lowest BCUT2D eigenvalue weighted by molar-refractivity contribution is -0.121. The maximum Gasteiger partial charge on any atom is 0.240 e. The Morgan fingerprint density at radius 2 is 1.65 bits per heavy atom. The molecule has 31 heavy (non-hydrogen) atoms. The molecular formula is C25H20N4O2. The van der Waals surface area contributed by atoms with Crippen molar-refractivity contribution in [1.82, 2.24) is 15.4 Å². The van der Waals surface area contributed by atoms with Gasteiger partial charge in [0.1, 0.15) is 0 Å². The first-order valence-corrected chi connectivity index (χ1v) is 10.1. The van der Waals surface area contributed by atoms with E-state index in [9.17, 15) is 9.59 Å². The minimum absolute atomic E-state index is 0.0694. The number of nitrogens with one attached hydrogen (secondary N) is 3. The van der Waals surface area contributed by atoms with Crippen molar-refractivity contribution in [1.29, 1.82) is 0 Å². The van der Waals surface area contributed by atoms with E-state index in [0.29, 0.717) is 5.56 Å². The highest BCUT2D eigenvalue weighted by Crippen LogP contribution is 2.26. The van der Waals surface area contributed by atoms with Crippen molar-refractivity contribution >= 4 is 50.5 Å². The predicted molar refractivity (Wildman–Crippen MR) is 123 cm³/mol. The molecule has 5 aromatic rings. The predicted octanol–water partition coefficient (Wildman–Crippen LogP) is 4.92. The van der Waals surface area contributed by atoms with Crippen LogP contribution in [0, 0.1) is 0 Å². The van der Waals surface area contributed by atoms with E-state index < -0.39 is 0 Å². The zero-order chi connectivity index (χ0) is 21.2. The fraction of sp³-hybridized carbons (Fsp3) is 0.0800. The number of H-pyrrole nitrogens is 2. The Morgan fingerprint density at radius 3 is 2.55 bits per heavy atom. The number of nitrogens with zero attached hydrogens (tertiary/aromatic N) is 1. The Balaban J connectivity index is 1.22. The molecule has 1 amide bonds. The van der Waals surface area contributed by atoms with Gasteiger partial charge in [-0.2, -0.15) is 5.10 Å². The molecule has 6 heteroatoms. The molecule has 0 spiro atoms. The Kier molecular flexibility index (Phi) is 4.80. The van der Waals surface area contributed by atoms with Crippen LogP contribution in [0.1, 0.15) is 28.8 Å². The van der Waals surface area contributed by atoms with Crippen LogP contribution in [0.5, 0.6) is 0 Å². The van der Waals surface area contributed by atoms with Gasteiger partial charge in [-0.1, -0.05) is 54.6 Å². The smallest absolute Gasteiger partial charge is 0.240 e. The highest BCUT2D eigenvalue weighted by atomic mass is 16.2. The number of fused-ring (bicyclic) bond motifs is 4. The SMILES string of the molecule is O=C(CCC(=O)c1c[nH]c2ccccc12)N/N=C/c1c[nH]c2c1ccc1ccccc12. The summed E-state index contributed by atoms with van der Waals surface area (Å²) in [5, 5.41) is 8.28. The third kappa shape index (κ3) is 3.59. The molecule has 0 fully saturated rings. The summed E-state index contributed by atoms with van der Waals surface area (Å²) in [6.45, 7) is 0. The van der Waals surface area contributed by atoms with Crippen LogP contribution >= 0.6 is 0 Å². The molecule has 6 nitrogen and oxygen atoms in total. The van der Waals surface area contributed by atoms with Gasteiger partial charge in [0.05, 0.1) is 11.7 Å². The lowest BCUT2D eigenvalue weighted by Crippen LogP contribution is -2.18. The largest absolute Gasteiger partial charge is 0.360 e. The molecule has 0 aliphatic carbocycles. The van der Waals surface area contributed by atoms with Gasteiger partial charge in [0.2, 0.25) is 5.91 Å². The normalized spacial score (nSPS) is 11.6. The van der Waals surface area contributed by atoms with E-state index in [1.165, 1.54) is 0 Å². The van der Waals surface area contributed by atoms with E-state index in [4.69, 9.17) is 0 Å². The molecule has 0 radical (unpaired) electrons. The molecular weight excluding hydrogens is 388 g/mol. The number of amides is 1. The molecule has 0 unspecified atom stereocenters. The van der Waals surface area contributed by atoms with E-state index in [-0.39, 0.29) is 24.5 Å². The van der Waals surface area contributed by atoms with Gasteiger partial charge in [0.25, 0.3) is 0 Å². The first-order chi connectivity index (χ1) is 15.2. The summed E-state index contributed by atoms with van der Waals surface area (Å²) >= 11 is 0. The van der Waals surface area contributed by atoms with E-state index in [2.05, 4.69) is 38.7 Å². The molecule has 2 aromatic heterocycles. The fourth-order valence-electron chi connectivity index (χ4n) is 3.90. The molecule has 0 aliphatic heterocycles. The molecule has 0 saturated heterocycles. The number of carbonyl (C=O) groups is 2. The molecule has 0 bridgehead atoms. The summed E-state index contributed by atoms with van der Waals surface area (Å²) in [6, 6.07) is 19.9. The van der Waals surface area contributed by atoms with Crippen LogP contribution < -0.4 is 5.43 Å². The number of Topliss-reactive ketones (excluding diaryl/α,β-unsaturated/α-hetero) is 1. The molecule has 3 N–H and O–H groups in total. The molecule has 0 aliphatic rings. The molecule has 5 rings (SSSR count). The fourth-order valence-corrected chi connectivity index (χ4v) is 3.90. The van der Waals surface area contributed by atoms with Crippen molar-refractivity contribution < 1.29 is 9.59 Å². The number of hydrogen-bond donors (Lipinski definition) is 3. The maximum atomic E-state index is 12.5. The Hall–Kier alpha value is -4.19. The number of carbonyl (C=O) groups excluding carboxylic acids is 2. The summed E-state index contributed by atoms with van der Waals surface area (Å²) in [7, 11) is 0. The molecule has 152 valence electrons. The van der Waals surface area contributed by atoms with E-state index in [1.54, 1.807) is 12.4 Å².